The zero-order valence-electron chi connectivity index (χ0n) is 12.6. The summed E-state index contributed by atoms with van der Waals surface area (Å²) in [5.74, 6) is 0.915. The van der Waals surface area contributed by atoms with E-state index in [4.69, 9.17) is 22.1 Å². The van der Waals surface area contributed by atoms with Crippen LogP contribution < -0.4 is 10.5 Å². The van der Waals surface area contributed by atoms with Crippen LogP contribution in [0.25, 0.3) is 0 Å². The minimum absolute atomic E-state index is 0.0428. The monoisotopic (exact) mass is 310 g/mol. The number of para-hydroxylation sites is 1. The summed E-state index contributed by atoms with van der Waals surface area (Å²) < 4.78 is 5.92. The molecule has 5 heteroatoms. The summed E-state index contributed by atoms with van der Waals surface area (Å²) in [7, 11) is 0. The lowest BCUT2D eigenvalue weighted by Crippen LogP contribution is -2.50. The highest BCUT2D eigenvalue weighted by Crippen LogP contribution is 2.26. The molecule has 1 aliphatic rings. The Morgan fingerprint density at radius 3 is 2.52 bits per heavy atom. The van der Waals surface area contributed by atoms with Gasteiger partial charge in [0, 0.05) is 25.9 Å². The van der Waals surface area contributed by atoms with Crippen LogP contribution in [0.1, 0.15) is 26.7 Å². The van der Waals surface area contributed by atoms with Crippen molar-refractivity contribution in [1.29, 1.82) is 0 Å². The van der Waals surface area contributed by atoms with Gasteiger partial charge in [0.05, 0.1) is 11.1 Å². The molecular formula is C16H23ClN2O2. The highest BCUT2D eigenvalue weighted by molar-refractivity contribution is 6.32. The van der Waals surface area contributed by atoms with E-state index < -0.39 is 6.04 Å². The van der Waals surface area contributed by atoms with Crippen LogP contribution >= 0.6 is 11.6 Å². The van der Waals surface area contributed by atoms with Gasteiger partial charge in [0.2, 0.25) is 5.91 Å². The highest BCUT2D eigenvalue weighted by Gasteiger charge is 2.28. The van der Waals surface area contributed by atoms with E-state index in [9.17, 15) is 4.79 Å². The third-order valence-corrected chi connectivity index (χ3v) is 4.20. The number of amides is 1. The molecule has 4 nitrogen and oxygen atoms in total. The number of nitrogens with two attached hydrogens (primary N) is 1. The normalized spacial score (nSPS) is 17.9. The molecule has 0 unspecified atom stereocenters. The minimum Gasteiger partial charge on any atom is -0.489 e. The summed E-state index contributed by atoms with van der Waals surface area (Å²) >= 11 is 6.09. The molecule has 1 amide bonds. The zero-order valence-corrected chi connectivity index (χ0v) is 13.3. The smallest absolute Gasteiger partial charge is 0.239 e. The minimum atomic E-state index is -0.411. The number of rotatable bonds is 4. The number of benzene rings is 1. The molecule has 0 saturated carbocycles. The van der Waals surface area contributed by atoms with E-state index >= 15 is 0 Å². The maximum atomic E-state index is 12.2. The van der Waals surface area contributed by atoms with Crippen LogP contribution in [-0.2, 0) is 4.79 Å². The average Bonchev–Trinajstić information content (AvgIpc) is 2.49. The van der Waals surface area contributed by atoms with Crippen molar-refractivity contribution >= 4 is 17.5 Å². The molecule has 1 atom stereocenters. The highest BCUT2D eigenvalue weighted by atomic mass is 35.5. The molecule has 21 heavy (non-hydrogen) atoms. The third-order valence-electron chi connectivity index (χ3n) is 3.89. The number of hydrogen-bond acceptors (Lipinski definition) is 3. The van der Waals surface area contributed by atoms with Gasteiger partial charge in [-0.15, -0.1) is 0 Å². The van der Waals surface area contributed by atoms with Gasteiger partial charge in [0.15, 0.2) is 0 Å². The summed E-state index contributed by atoms with van der Waals surface area (Å²) in [5.41, 5.74) is 5.93. The van der Waals surface area contributed by atoms with Gasteiger partial charge in [-0.05, 0) is 18.1 Å². The van der Waals surface area contributed by atoms with Crippen molar-refractivity contribution in [3.63, 3.8) is 0 Å². The standard InChI is InChI=1S/C16H23ClN2O2/c1-11(2)15(18)16(20)19-9-7-12(8-10-19)21-14-6-4-3-5-13(14)17/h3-6,11-12,15H,7-10,18H2,1-2H3/t15-/m0/s1. The van der Waals surface area contributed by atoms with Crippen LogP contribution in [0.5, 0.6) is 5.75 Å². The van der Waals surface area contributed by atoms with E-state index in [-0.39, 0.29) is 17.9 Å². The maximum absolute atomic E-state index is 12.2. The molecule has 2 N–H and O–H groups in total. The lowest BCUT2D eigenvalue weighted by molar-refractivity contribution is -0.135. The fourth-order valence-electron chi connectivity index (χ4n) is 2.41. The van der Waals surface area contributed by atoms with Crippen molar-refractivity contribution < 1.29 is 9.53 Å². The van der Waals surface area contributed by atoms with Gasteiger partial charge in [-0.3, -0.25) is 4.79 Å². The first kappa shape index (κ1) is 16.1. The molecule has 2 rings (SSSR count). The molecule has 0 radical (unpaired) electrons. The van der Waals surface area contributed by atoms with Gasteiger partial charge in [-0.25, -0.2) is 0 Å². The van der Waals surface area contributed by atoms with Crippen molar-refractivity contribution in [3.05, 3.63) is 29.3 Å². The summed E-state index contributed by atoms with van der Waals surface area (Å²) in [6, 6.07) is 7.06. The van der Waals surface area contributed by atoms with Crippen molar-refractivity contribution in [3.8, 4) is 5.75 Å². The number of ether oxygens (including phenoxy) is 1. The van der Waals surface area contributed by atoms with Gasteiger partial charge in [0.25, 0.3) is 0 Å². The Labute approximate surface area is 131 Å². The van der Waals surface area contributed by atoms with Crippen molar-refractivity contribution in [1.82, 2.24) is 4.90 Å². The predicted octanol–water partition coefficient (Wildman–Crippen LogP) is 2.69. The lowest BCUT2D eigenvalue weighted by atomic mass is 10.0. The van der Waals surface area contributed by atoms with Crippen LogP contribution in [0.4, 0.5) is 0 Å². The molecule has 0 aliphatic carbocycles. The Morgan fingerprint density at radius 2 is 1.95 bits per heavy atom. The lowest BCUT2D eigenvalue weighted by Gasteiger charge is -2.34. The zero-order chi connectivity index (χ0) is 15.4. The van der Waals surface area contributed by atoms with E-state index in [1.54, 1.807) is 0 Å². The number of piperidine rings is 1. The molecule has 1 aliphatic heterocycles. The number of likely N-dealkylation sites (tertiary alicyclic amines) is 1. The third kappa shape index (κ3) is 4.11. The molecule has 0 bridgehead atoms. The van der Waals surface area contributed by atoms with E-state index in [2.05, 4.69) is 0 Å². The Bertz CT molecular complexity index is 485. The second-order valence-corrected chi connectivity index (χ2v) is 6.25. The molecule has 1 saturated heterocycles. The number of nitrogens with zero attached hydrogens (tertiary/aromatic N) is 1. The summed E-state index contributed by atoms with van der Waals surface area (Å²) in [4.78, 5) is 14.0. The second-order valence-electron chi connectivity index (χ2n) is 5.84. The van der Waals surface area contributed by atoms with Crippen LogP contribution in [0, 0.1) is 5.92 Å². The second kappa shape index (κ2) is 7.14. The van der Waals surface area contributed by atoms with Crippen LogP contribution in [0.2, 0.25) is 5.02 Å². The van der Waals surface area contributed by atoms with Gasteiger partial charge < -0.3 is 15.4 Å². The summed E-state index contributed by atoms with van der Waals surface area (Å²) in [6.07, 6.45) is 1.72. The summed E-state index contributed by atoms with van der Waals surface area (Å²) in [6.45, 7) is 5.31. The molecule has 1 fully saturated rings. The number of carbonyl (C=O) groups excluding carboxylic acids is 1. The van der Waals surface area contributed by atoms with Gasteiger partial charge in [-0.2, -0.15) is 0 Å². The Morgan fingerprint density at radius 1 is 1.33 bits per heavy atom. The molecule has 1 aromatic carbocycles. The first-order valence-corrected chi connectivity index (χ1v) is 7.82. The Balaban J connectivity index is 1.86. The molecule has 0 aromatic heterocycles. The topological polar surface area (TPSA) is 55.6 Å². The molecule has 1 heterocycles. The predicted molar refractivity (Wildman–Crippen MR) is 84.5 cm³/mol. The van der Waals surface area contributed by atoms with Crippen LogP contribution in [-0.4, -0.2) is 36.0 Å². The molecular weight excluding hydrogens is 288 g/mol. The molecule has 116 valence electrons. The fourth-order valence-corrected chi connectivity index (χ4v) is 2.59. The van der Waals surface area contributed by atoms with Crippen LogP contribution in [0.15, 0.2) is 24.3 Å². The van der Waals surface area contributed by atoms with Crippen molar-refractivity contribution in [2.75, 3.05) is 13.1 Å². The Hall–Kier alpha value is -1.26. The molecule has 0 spiro atoms. The van der Waals surface area contributed by atoms with Crippen LogP contribution in [0.3, 0.4) is 0 Å². The van der Waals surface area contributed by atoms with E-state index in [0.717, 1.165) is 12.8 Å². The van der Waals surface area contributed by atoms with E-state index in [1.165, 1.54) is 0 Å². The largest absolute Gasteiger partial charge is 0.489 e. The maximum Gasteiger partial charge on any atom is 0.239 e. The SMILES string of the molecule is CC(C)[C@H](N)C(=O)N1CCC(Oc2ccccc2Cl)CC1. The van der Waals surface area contributed by atoms with E-state index in [0.29, 0.717) is 23.9 Å². The summed E-state index contributed by atoms with van der Waals surface area (Å²) in [5, 5.41) is 0.623. The van der Waals surface area contributed by atoms with Gasteiger partial charge in [-0.1, -0.05) is 37.6 Å². The van der Waals surface area contributed by atoms with Gasteiger partial charge >= 0.3 is 0 Å². The first-order chi connectivity index (χ1) is 9.99. The van der Waals surface area contributed by atoms with Gasteiger partial charge in [0.1, 0.15) is 11.9 Å². The number of halogens is 1. The first-order valence-electron chi connectivity index (χ1n) is 7.44. The van der Waals surface area contributed by atoms with E-state index in [1.807, 2.05) is 43.0 Å². The quantitative estimate of drug-likeness (QED) is 0.930. The average molecular weight is 311 g/mol. The number of hydrogen-bond donors (Lipinski definition) is 1. The number of carbonyl (C=O) groups is 1. The van der Waals surface area contributed by atoms with Crippen molar-refractivity contribution in [2.24, 2.45) is 11.7 Å². The Kier molecular flexibility index (Phi) is 5.48. The fraction of sp³-hybridized carbons (Fsp3) is 0.562. The van der Waals surface area contributed by atoms with Crippen molar-refractivity contribution in [2.45, 2.75) is 38.8 Å². The molecule has 1 aromatic rings.